The van der Waals surface area contributed by atoms with Crippen LogP contribution in [0, 0.1) is 0 Å². The molecule has 0 unspecified atom stereocenters. The predicted molar refractivity (Wildman–Crippen MR) is 393 cm³/mol. The molecular formula is C66H71Cl4N14NaO9S4. The Kier molecular flexibility index (Phi) is 40.2. The molecule has 512 valence electrons. The van der Waals surface area contributed by atoms with Crippen molar-refractivity contribution in [1.82, 2.24) is 19.9 Å². The van der Waals surface area contributed by atoms with Crippen molar-refractivity contribution < 1.29 is 72.9 Å². The average Bonchev–Trinajstić information content (AvgIpc) is 1.10. The molecule has 32 heteroatoms. The van der Waals surface area contributed by atoms with Crippen LogP contribution in [-0.4, -0.2) is 75.3 Å². The van der Waals surface area contributed by atoms with Crippen LogP contribution in [0.2, 0.25) is 20.5 Å². The van der Waals surface area contributed by atoms with E-state index in [1.165, 1.54) is 54.5 Å². The Morgan fingerprint density at radius 2 is 0.867 bits per heavy atom. The fraction of sp³-hybridized carbons (Fsp3) is 0.182. The molecule has 0 aliphatic carbocycles. The number of benzene rings is 2. The minimum atomic E-state index is -0.546. The van der Waals surface area contributed by atoms with Crippen molar-refractivity contribution in [3.8, 4) is 0 Å². The van der Waals surface area contributed by atoms with Gasteiger partial charge >= 0.3 is 41.5 Å². The zero-order valence-electron chi connectivity index (χ0n) is 54.0. The SMILES string of the molecule is CC(=O)Nc1cccc(N)c1.CC(=O)Nc1cccc(Nc2cc(NCc3cccs3)c(C(N)=O)cn2)c1.CCOC(=O)c1cnc(Cl)cc1Cl.CCOC(=O)c1cnc(Cl)cc1NCc1cccs1.CC[O-].NC(=O)c1cnc(Cl)cc1NCc1cccs1.NCc1cccs1.[Na+]. The first-order valence-electron chi connectivity index (χ1n) is 29.0. The Bertz CT molecular complexity index is 4050. The van der Waals surface area contributed by atoms with Crippen LogP contribution in [0.25, 0.3) is 0 Å². The first-order chi connectivity index (χ1) is 46.6. The number of nitrogens with one attached hydrogen (secondary N) is 6. The van der Waals surface area contributed by atoms with Gasteiger partial charge in [-0.3, -0.25) is 19.2 Å². The molecule has 0 bridgehead atoms. The smallest absolute Gasteiger partial charge is 0.855 e. The van der Waals surface area contributed by atoms with Gasteiger partial charge in [-0.2, -0.15) is 0 Å². The number of nitrogen functional groups attached to an aromatic ring is 1. The predicted octanol–water partition coefficient (Wildman–Crippen LogP) is 11.0. The molecule has 0 aliphatic rings. The van der Waals surface area contributed by atoms with Crippen LogP contribution in [0.5, 0.6) is 0 Å². The molecule has 0 saturated heterocycles. The summed E-state index contributed by atoms with van der Waals surface area (Å²) in [7, 11) is 0. The van der Waals surface area contributed by atoms with Crippen LogP contribution in [0.1, 0.15) is 95.6 Å². The number of ether oxygens (including phenoxy) is 2. The number of hydrogen-bond acceptors (Lipinski definition) is 23. The molecule has 0 atom stereocenters. The van der Waals surface area contributed by atoms with Crippen molar-refractivity contribution in [2.75, 3.05) is 57.5 Å². The number of rotatable bonds is 20. The molecule has 0 aliphatic heterocycles. The van der Waals surface area contributed by atoms with E-state index in [1.54, 1.807) is 121 Å². The van der Waals surface area contributed by atoms with Crippen LogP contribution in [0.15, 0.2) is 168 Å². The Balaban J connectivity index is 0.000000315. The second-order valence-corrected chi connectivity index (χ2v) is 24.6. The number of esters is 2. The third kappa shape index (κ3) is 32.4. The van der Waals surface area contributed by atoms with Crippen molar-refractivity contribution in [3.63, 3.8) is 0 Å². The van der Waals surface area contributed by atoms with Gasteiger partial charge in [0.2, 0.25) is 11.8 Å². The third-order valence-corrected chi connectivity index (χ3v) is 16.0. The van der Waals surface area contributed by atoms with Crippen LogP contribution in [0.4, 0.5) is 45.6 Å². The summed E-state index contributed by atoms with van der Waals surface area (Å²) in [5.74, 6) is -1.64. The van der Waals surface area contributed by atoms with Crippen LogP contribution < -0.4 is 89.5 Å². The van der Waals surface area contributed by atoms with Crippen LogP contribution in [0.3, 0.4) is 0 Å². The molecule has 0 spiro atoms. The van der Waals surface area contributed by atoms with E-state index in [4.69, 9.17) is 83.9 Å². The zero-order chi connectivity index (χ0) is 71.1. The first-order valence-corrected chi connectivity index (χ1v) is 34.0. The van der Waals surface area contributed by atoms with E-state index in [9.17, 15) is 28.8 Å². The molecule has 98 heavy (non-hydrogen) atoms. The molecule has 2 aromatic carbocycles. The summed E-state index contributed by atoms with van der Waals surface area (Å²) in [4.78, 5) is 88.1. The van der Waals surface area contributed by atoms with Gasteiger partial charge in [0.1, 0.15) is 26.8 Å². The summed E-state index contributed by atoms with van der Waals surface area (Å²) < 4.78 is 9.73. The van der Waals surface area contributed by atoms with E-state index >= 15 is 0 Å². The number of nitrogens with two attached hydrogens (primary N) is 4. The van der Waals surface area contributed by atoms with E-state index in [0.717, 1.165) is 21.1 Å². The number of amides is 4. The van der Waals surface area contributed by atoms with Gasteiger partial charge in [0, 0.05) is 113 Å². The van der Waals surface area contributed by atoms with Gasteiger partial charge in [-0.05, 0) is 114 Å². The Morgan fingerprint density at radius 1 is 0.490 bits per heavy atom. The third-order valence-electron chi connectivity index (χ3n) is 11.5. The molecule has 8 heterocycles. The fourth-order valence-electron chi connectivity index (χ4n) is 7.41. The van der Waals surface area contributed by atoms with E-state index in [0.29, 0.717) is 101 Å². The summed E-state index contributed by atoms with van der Waals surface area (Å²) in [6.45, 7) is 11.1. The summed E-state index contributed by atoms with van der Waals surface area (Å²) in [5.41, 5.74) is 27.4. The summed E-state index contributed by atoms with van der Waals surface area (Å²) in [5, 5.41) is 36.2. The zero-order valence-corrected chi connectivity index (χ0v) is 62.3. The molecule has 10 aromatic rings. The molecule has 23 nitrogen and oxygen atoms in total. The van der Waals surface area contributed by atoms with Crippen molar-refractivity contribution in [2.45, 2.75) is 60.8 Å². The number of carbonyl (C=O) groups is 6. The number of hydrogen-bond donors (Lipinski definition) is 10. The van der Waals surface area contributed by atoms with Gasteiger partial charge in [0.05, 0.1) is 52.0 Å². The largest absolute Gasteiger partial charge is 1.00 e. The minimum absolute atomic E-state index is 0. The van der Waals surface area contributed by atoms with Gasteiger partial charge in [0.15, 0.2) is 0 Å². The maximum Gasteiger partial charge on any atom is 1.00 e. The molecule has 8 aromatic heterocycles. The number of thiophene rings is 4. The molecule has 0 saturated carbocycles. The average molecular weight is 1500 g/mol. The van der Waals surface area contributed by atoms with Gasteiger partial charge in [-0.15, -0.1) is 52.0 Å². The molecule has 0 radical (unpaired) electrons. The fourth-order valence-corrected chi connectivity index (χ4v) is 10.7. The normalized spacial score (nSPS) is 9.74. The van der Waals surface area contributed by atoms with Gasteiger partial charge in [-0.1, -0.05) is 89.7 Å². The van der Waals surface area contributed by atoms with Crippen molar-refractivity contribution in [3.05, 3.63) is 230 Å². The quantitative estimate of drug-likeness (QED) is 0.0147. The molecule has 4 amide bonds. The second-order valence-electron chi connectivity index (χ2n) is 18.9. The van der Waals surface area contributed by atoms with E-state index in [1.807, 2.05) is 82.2 Å². The topological polar surface area (TPSA) is 372 Å². The number of nitrogens with zero attached hydrogens (tertiary/aromatic N) is 4. The summed E-state index contributed by atoms with van der Waals surface area (Å²) in [6, 6.07) is 36.7. The minimum Gasteiger partial charge on any atom is -0.855 e. The number of carbonyl (C=O) groups excluding carboxylic acids is 6. The first kappa shape index (κ1) is 84.0. The molecular weight excluding hydrogens is 1430 g/mol. The maximum absolute atomic E-state index is 11.8. The number of halogens is 4. The standard InChI is InChI=1S/C19H19N5O2S.C13H13ClN2O2S.C11H10ClN3OS.C8H7Cl2NO2.C8H10N2O.C5H7NS.C2H5O.Na/c1-12(25)23-13-4-2-5-14(8-13)24-18-9-17(16(11-22-18)19(20)26)21-10-15-6-3-7-27-15;1-2-18-13(17)10-8-16-12(14)6-11(10)15-7-9-4-3-5-19-9;12-10-4-9(8(6-15-10)11(13)16)14-5-7-2-1-3-17-7;1-2-13-8(12)5-4-11-7(10)3-6(5)9;1-6(11)10-8-4-2-3-7(9)5-8;6-4-5-2-1-3-7-5;1-2-3;/h2-9,11H,10H2,1H3,(H2,20,26)(H,23,25)(H2,21,22,24);3-6,8H,2,7H2,1H3,(H,15,16);1-4,6H,5H2,(H2,13,16)(H,14,15);3-4H,2H2,1H3;2-5H,9H2,1H3,(H,10,11);1-3H,4,6H2;2H2,1H3;/q;;;;;;-1;+1. The summed E-state index contributed by atoms with van der Waals surface area (Å²) in [6.07, 6.45) is 5.54. The number of aromatic nitrogens is 4. The molecule has 0 fully saturated rings. The monoisotopic (exact) mass is 1490 g/mol. The second kappa shape index (κ2) is 46.9. The Labute approximate surface area is 625 Å². The summed E-state index contributed by atoms with van der Waals surface area (Å²) >= 11 is 29.5. The molecule has 10 rings (SSSR count). The van der Waals surface area contributed by atoms with Crippen LogP contribution in [-0.2, 0) is 45.2 Å². The van der Waals surface area contributed by atoms with Crippen molar-refractivity contribution in [1.29, 1.82) is 0 Å². The van der Waals surface area contributed by atoms with Crippen molar-refractivity contribution >= 4 is 173 Å². The van der Waals surface area contributed by atoms with E-state index in [-0.39, 0.29) is 63.7 Å². The Morgan fingerprint density at radius 3 is 1.27 bits per heavy atom. The van der Waals surface area contributed by atoms with E-state index < -0.39 is 23.8 Å². The number of anilines is 8. The number of pyridine rings is 4. The van der Waals surface area contributed by atoms with Gasteiger partial charge < -0.3 is 69.4 Å². The van der Waals surface area contributed by atoms with Gasteiger partial charge in [0.25, 0.3) is 11.8 Å². The van der Waals surface area contributed by atoms with E-state index in [2.05, 4.69) is 51.8 Å². The maximum atomic E-state index is 11.8. The molecule has 14 N–H and O–H groups in total. The Hall–Kier alpha value is -8.26. The van der Waals surface area contributed by atoms with Crippen molar-refractivity contribution in [2.24, 2.45) is 17.2 Å². The number of primary amides is 2. The van der Waals surface area contributed by atoms with Gasteiger partial charge in [-0.25, -0.2) is 29.5 Å². The van der Waals surface area contributed by atoms with Crippen LogP contribution >= 0.6 is 91.8 Å².